The van der Waals surface area contributed by atoms with E-state index in [1.165, 1.54) is 24.9 Å². The number of methoxy groups -OCH3 is 2. The lowest BCUT2D eigenvalue weighted by molar-refractivity contribution is -0.137. The Balaban J connectivity index is 1.46. The fraction of sp³-hybridized carbons (Fsp3) is 0.400. The summed E-state index contributed by atoms with van der Waals surface area (Å²) in [5.74, 6) is -2.63. The second kappa shape index (κ2) is 11.6. The number of carbonyl (C=O) groups is 3. The number of ether oxygens (including phenoxy) is 2. The molecule has 2 aromatic carbocycles. The van der Waals surface area contributed by atoms with Crippen LogP contribution in [0.2, 0.25) is 0 Å². The molecule has 2 fully saturated rings. The van der Waals surface area contributed by atoms with Crippen molar-refractivity contribution < 1.29 is 37.0 Å². The lowest BCUT2D eigenvalue weighted by atomic mass is 9.83. The van der Waals surface area contributed by atoms with Crippen molar-refractivity contribution in [2.75, 3.05) is 32.2 Å². The van der Waals surface area contributed by atoms with Crippen LogP contribution in [0.3, 0.4) is 0 Å². The molecule has 0 bridgehead atoms. The number of likely N-dealkylation sites (tertiary alicyclic amines) is 1. The van der Waals surface area contributed by atoms with Crippen molar-refractivity contribution in [1.82, 2.24) is 9.47 Å². The molecule has 3 amide bonds. The van der Waals surface area contributed by atoms with Crippen molar-refractivity contribution in [3.63, 3.8) is 0 Å². The highest BCUT2D eigenvalue weighted by Crippen LogP contribution is 2.54. The van der Waals surface area contributed by atoms with Crippen molar-refractivity contribution in [2.24, 2.45) is 5.92 Å². The van der Waals surface area contributed by atoms with Crippen molar-refractivity contribution in [3.8, 4) is 11.5 Å². The fourth-order valence-electron chi connectivity index (χ4n) is 6.12. The molecule has 0 N–H and O–H groups in total. The molecule has 4 heterocycles. The van der Waals surface area contributed by atoms with Crippen LogP contribution in [0, 0.1) is 5.92 Å². The van der Waals surface area contributed by atoms with Gasteiger partial charge in [-0.3, -0.25) is 23.7 Å². The number of carbonyl (C=O) groups excluding carboxylic acids is 3. The van der Waals surface area contributed by atoms with Crippen LogP contribution in [0.15, 0.2) is 52.3 Å². The monoisotopic (exact) mass is 647 g/mol. The molecule has 1 aromatic heterocycles. The summed E-state index contributed by atoms with van der Waals surface area (Å²) in [5, 5.41) is -0.647. The maximum atomic E-state index is 14.1. The van der Waals surface area contributed by atoms with Gasteiger partial charge in [0.05, 0.1) is 36.4 Å². The molecule has 232 valence electrons. The number of nitrogens with zero attached hydrogens (tertiary/aromatic N) is 3. The topological polar surface area (TPSA) is 98.1 Å². The summed E-state index contributed by atoms with van der Waals surface area (Å²) in [6.45, 7) is 0.989. The number of imide groups is 1. The first kappa shape index (κ1) is 30.3. The van der Waals surface area contributed by atoms with E-state index in [2.05, 4.69) is 0 Å². The quantitative estimate of drug-likeness (QED) is 0.356. The molecule has 0 spiro atoms. The molecule has 6 rings (SSSR count). The Bertz CT molecular complexity index is 1700. The van der Waals surface area contributed by atoms with Gasteiger partial charge in [0.15, 0.2) is 11.5 Å². The van der Waals surface area contributed by atoms with Crippen LogP contribution in [-0.4, -0.2) is 59.7 Å². The van der Waals surface area contributed by atoms with Crippen LogP contribution in [0.5, 0.6) is 11.5 Å². The van der Waals surface area contributed by atoms with Crippen LogP contribution in [0.1, 0.15) is 41.2 Å². The summed E-state index contributed by atoms with van der Waals surface area (Å²) in [5.41, 5.74) is -0.613. The molecule has 3 aliphatic heterocycles. The number of rotatable bonds is 6. The Morgan fingerprint density at radius 3 is 2.36 bits per heavy atom. The smallest absolute Gasteiger partial charge is 0.416 e. The van der Waals surface area contributed by atoms with Crippen LogP contribution < -0.4 is 19.2 Å². The van der Waals surface area contributed by atoms with E-state index in [0.717, 1.165) is 65.5 Å². The minimum absolute atomic E-state index is 0.183. The summed E-state index contributed by atoms with van der Waals surface area (Å²) < 4.78 is 52.8. The van der Waals surface area contributed by atoms with E-state index in [0.29, 0.717) is 40.1 Å². The van der Waals surface area contributed by atoms with Gasteiger partial charge in [-0.1, -0.05) is 35.2 Å². The largest absolute Gasteiger partial charge is 0.493 e. The van der Waals surface area contributed by atoms with Gasteiger partial charge in [0.1, 0.15) is 11.8 Å². The van der Waals surface area contributed by atoms with E-state index in [-0.39, 0.29) is 18.1 Å². The molecule has 9 nitrogen and oxygen atoms in total. The second-order valence-corrected chi connectivity index (χ2v) is 12.9. The predicted molar refractivity (Wildman–Crippen MR) is 157 cm³/mol. The Labute approximate surface area is 258 Å². The Hall–Kier alpha value is -3.78. The summed E-state index contributed by atoms with van der Waals surface area (Å²) in [4.78, 5) is 57.2. The molecule has 3 aliphatic rings. The van der Waals surface area contributed by atoms with Crippen LogP contribution >= 0.6 is 23.1 Å². The molecule has 0 radical (unpaired) electrons. The SMILES string of the molecule is COc1ccc(C2c3sc(=O)n(CC(=O)N4CCCCC4)c3SC3C(=O)N(c4cccc(C(F)(F)F)c4)C(=O)C32)cc1OC. The van der Waals surface area contributed by atoms with E-state index >= 15 is 0 Å². The zero-order chi connectivity index (χ0) is 31.3. The minimum Gasteiger partial charge on any atom is -0.493 e. The number of hydrogen-bond acceptors (Lipinski definition) is 8. The summed E-state index contributed by atoms with van der Waals surface area (Å²) in [7, 11) is 2.92. The van der Waals surface area contributed by atoms with Crippen LogP contribution in [0.4, 0.5) is 18.9 Å². The molecule has 0 saturated carbocycles. The average molecular weight is 648 g/mol. The first-order chi connectivity index (χ1) is 21.0. The number of benzene rings is 2. The number of thiazole rings is 1. The number of aromatic nitrogens is 1. The molecule has 3 atom stereocenters. The van der Waals surface area contributed by atoms with Gasteiger partial charge in [0.2, 0.25) is 17.7 Å². The van der Waals surface area contributed by atoms with E-state index in [1.807, 2.05) is 0 Å². The number of thioether (sulfide) groups is 1. The van der Waals surface area contributed by atoms with Gasteiger partial charge in [-0.15, -0.1) is 0 Å². The molecular formula is C30H28F3N3O6S2. The van der Waals surface area contributed by atoms with E-state index < -0.39 is 45.5 Å². The highest BCUT2D eigenvalue weighted by atomic mass is 32.2. The Morgan fingerprint density at radius 1 is 0.955 bits per heavy atom. The third-order valence-corrected chi connectivity index (χ3v) is 10.9. The van der Waals surface area contributed by atoms with Crippen molar-refractivity contribution in [3.05, 3.63) is 68.1 Å². The Morgan fingerprint density at radius 2 is 1.68 bits per heavy atom. The molecule has 3 aromatic rings. The maximum absolute atomic E-state index is 14.1. The lowest BCUT2D eigenvalue weighted by Gasteiger charge is -2.31. The third-order valence-electron chi connectivity index (χ3n) is 8.25. The molecular weight excluding hydrogens is 619 g/mol. The number of fused-ring (bicyclic) bond motifs is 2. The summed E-state index contributed by atoms with van der Waals surface area (Å²) >= 11 is 1.91. The zero-order valence-electron chi connectivity index (χ0n) is 23.8. The molecule has 14 heteroatoms. The number of hydrogen-bond donors (Lipinski definition) is 0. The predicted octanol–water partition coefficient (Wildman–Crippen LogP) is 4.75. The van der Waals surface area contributed by atoms with Crippen molar-refractivity contribution in [1.29, 1.82) is 0 Å². The van der Waals surface area contributed by atoms with Gasteiger partial charge < -0.3 is 14.4 Å². The van der Waals surface area contributed by atoms with Gasteiger partial charge in [-0.05, 0) is 55.2 Å². The van der Waals surface area contributed by atoms with E-state index in [1.54, 1.807) is 23.1 Å². The van der Waals surface area contributed by atoms with E-state index in [4.69, 9.17) is 9.47 Å². The van der Waals surface area contributed by atoms with Crippen LogP contribution in [-0.2, 0) is 27.1 Å². The highest BCUT2D eigenvalue weighted by Gasteiger charge is 2.57. The van der Waals surface area contributed by atoms with Gasteiger partial charge in [-0.25, -0.2) is 4.90 Å². The van der Waals surface area contributed by atoms with Crippen molar-refractivity contribution in [2.45, 2.75) is 48.2 Å². The van der Waals surface area contributed by atoms with Gasteiger partial charge in [0, 0.05) is 23.9 Å². The van der Waals surface area contributed by atoms with E-state index in [9.17, 15) is 32.3 Å². The first-order valence-electron chi connectivity index (χ1n) is 14.0. The number of alkyl halides is 3. The molecule has 0 aliphatic carbocycles. The van der Waals surface area contributed by atoms with Crippen LogP contribution in [0.25, 0.3) is 0 Å². The standard InChI is InChI=1S/C30H28F3N3O6S2/c1-41-19-10-9-16(13-20(19)42-2)22-23-24(27(39)36(26(23)38)18-8-6-7-17(14-18)30(31,32)33)43-28-25(22)44-29(40)35(28)15-21(37)34-11-4-3-5-12-34/h6-10,13-14,22-24H,3-5,11-12,15H2,1-2H3. The van der Waals surface area contributed by atoms with Gasteiger partial charge >= 0.3 is 11.0 Å². The molecule has 2 saturated heterocycles. The number of halogens is 3. The molecule has 3 unspecified atom stereocenters. The van der Waals surface area contributed by atoms with Crippen molar-refractivity contribution >= 4 is 46.5 Å². The third kappa shape index (κ3) is 5.17. The normalized spacial score (nSPS) is 21.7. The number of piperidine rings is 1. The fourth-order valence-corrected chi connectivity index (χ4v) is 8.89. The van der Waals surface area contributed by atoms with Gasteiger partial charge in [0.25, 0.3) is 0 Å². The minimum atomic E-state index is -4.67. The molecule has 44 heavy (non-hydrogen) atoms. The Kier molecular flexibility index (Phi) is 7.99. The lowest BCUT2D eigenvalue weighted by Crippen LogP contribution is -2.39. The zero-order valence-corrected chi connectivity index (χ0v) is 25.4. The highest BCUT2D eigenvalue weighted by molar-refractivity contribution is 8.00. The number of amides is 3. The van der Waals surface area contributed by atoms with Gasteiger partial charge in [-0.2, -0.15) is 13.2 Å². The maximum Gasteiger partial charge on any atom is 0.416 e. The summed E-state index contributed by atoms with van der Waals surface area (Å²) in [6, 6.07) is 9.13. The first-order valence-corrected chi connectivity index (χ1v) is 15.7. The number of anilines is 1. The second-order valence-electron chi connectivity index (χ2n) is 10.8. The summed E-state index contributed by atoms with van der Waals surface area (Å²) in [6.07, 6.45) is -1.89. The average Bonchev–Trinajstić information content (AvgIpc) is 3.46.